The lowest BCUT2D eigenvalue weighted by Gasteiger charge is -2.38. The van der Waals surface area contributed by atoms with Crippen LogP contribution in [0, 0.1) is 0 Å². The summed E-state index contributed by atoms with van der Waals surface area (Å²) >= 11 is 0. The molecule has 2 aromatic carbocycles. The van der Waals surface area contributed by atoms with Gasteiger partial charge >= 0.3 is 6.61 Å². The Bertz CT molecular complexity index is 855. The maximum atomic E-state index is 13.0. The van der Waals surface area contributed by atoms with E-state index in [0.29, 0.717) is 24.4 Å². The zero-order chi connectivity index (χ0) is 20.2. The molecule has 0 bridgehead atoms. The number of amides is 1. The van der Waals surface area contributed by atoms with Gasteiger partial charge in [0, 0.05) is 25.2 Å². The van der Waals surface area contributed by atoms with Gasteiger partial charge in [-0.3, -0.25) is 4.79 Å². The number of rotatable bonds is 5. The molecular weight excluding hydrogens is 378 g/mol. The van der Waals surface area contributed by atoms with Crippen LogP contribution >= 0.6 is 0 Å². The van der Waals surface area contributed by atoms with Crippen LogP contribution in [0.3, 0.4) is 0 Å². The van der Waals surface area contributed by atoms with Crippen molar-refractivity contribution < 1.29 is 23.0 Å². The lowest BCUT2D eigenvalue weighted by Crippen LogP contribution is -2.51. The number of hydrogen-bond donors (Lipinski definition) is 0. The number of anilines is 1. The Hall–Kier alpha value is -2.83. The topological polar surface area (TPSA) is 42.0 Å². The molecule has 29 heavy (non-hydrogen) atoms. The predicted molar refractivity (Wildman–Crippen MR) is 105 cm³/mol. The minimum Gasteiger partial charge on any atom is -0.477 e. The summed E-state index contributed by atoms with van der Waals surface area (Å²) in [5.41, 5.74) is 1.47. The SMILES string of the molecule is O=C(C1CN(Cc2ccccc2OC(F)F)c2ccccc2O1)N1CCCCC1. The lowest BCUT2D eigenvalue weighted by molar-refractivity contribution is -0.139. The van der Waals surface area contributed by atoms with Crippen LogP contribution in [0.1, 0.15) is 24.8 Å². The Morgan fingerprint density at radius 2 is 1.79 bits per heavy atom. The van der Waals surface area contributed by atoms with Crippen LogP contribution in [0.25, 0.3) is 0 Å². The second-order valence-electron chi connectivity index (χ2n) is 7.33. The summed E-state index contributed by atoms with van der Waals surface area (Å²) in [6.07, 6.45) is 2.55. The van der Waals surface area contributed by atoms with E-state index in [1.807, 2.05) is 34.1 Å². The molecule has 2 aromatic rings. The van der Waals surface area contributed by atoms with Crippen molar-refractivity contribution in [1.82, 2.24) is 4.90 Å². The van der Waals surface area contributed by atoms with Crippen LogP contribution < -0.4 is 14.4 Å². The number of nitrogens with zero attached hydrogens (tertiary/aromatic N) is 2. The monoisotopic (exact) mass is 402 g/mol. The first kappa shape index (κ1) is 19.5. The van der Waals surface area contributed by atoms with Crippen molar-refractivity contribution in [3.8, 4) is 11.5 Å². The first-order valence-corrected chi connectivity index (χ1v) is 9.94. The normalized spacial score (nSPS) is 18.9. The fraction of sp³-hybridized carbons (Fsp3) is 0.409. The van der Waals surface area contributed by atoms with Gasteiger partial charge in [0.25, 0.3) is 5.91 Å². The molecule has 5 nitrogen and oxygen atoms in total. The maximum Gasteiger partial charge on any atom is 0.387 e. The van der Waals surface area contributed by atoms with Gasteiger partial charge in [0.1, 0.15) is 11.5 Å². The maximum absolute atomic E-state index is 13.0. The number of alkyl halides is 2. The number of hydrogen-bond acceptors (Lipinski definition) is 4. The van der Waals surface area contributed by atoms with Crippen molar-refractivity contribution in [3.05, 3.63) is 54.1 Å². The van der Waals surface area contributed by atoms with Gasteiger partial charge in [0.2, 0.25) is 0 Å². The van der Waals surface area contributed by atoms with Crippen LogP contribution in [0.2, 0.25) is 0 Å². The van der Waals surface area contributed by atoms with Crippen LogP contribution in [0.4, 0.5) is 14.5 Å². The summed E-state index contributed by atoms with van der Waals surface area (Å²) in [4.78, 5) is 16.9. The van der Waals surface area contributed by atoms with E-state index in [9.17, 15) is 13.6 Å². The number of carbonyl (C=O) groups excluding carboxylic acids is 1. The molecule has 7 heteroatoms. The molecule has 0 aromatic heterocycles. The van der Waals surface area contributed by atoms with Crippen molar-refractivity contribution in [1.29, 1.82) is 0 Å². The summed E-state index contributed by atoms with van der Waals surface area (Å²) in [7, 11) is 0. The standard InChI is InChI=1S/C22H24F2N2O3/c23-22(24)29-18-10-4-2-8-16(18)14-26-15-20(21(27)25-12-6-1-7-13-25)28-19-11-5-3-9-17(19)26/h2-5,8-11,20,22H,1,6-7,12-15H2. The quantitative estimate of drug-likeness (QED) is 0.756. The van der Waals surface area contributed by atoms with E-state index in [0.717, 1.165) is 38.0 Å². The molecule has 0 radical (unpaired) electrons. The van der Waals surface area contributed by atoms with E-state index in [-0.39, 0.29) is 11.7 Å². The largest absolute Gasteiger partial charge is 0.477 e. The highest BCUT2D eigenvalue weighted by molar-refractivity contribution is 5.83. The summed E-state index contributed by atoms with van der Waals surface area (Å²) in [6, 6.07) is 14.2. The lowest BCUT2D eigenvalue weighted by atomic mass is 10.1. The zero-order valence-electron chi connectivity index (χ0n) is 16.1. The molecule has 4 rings (SSSR count). The molecule has 0 saturated carbocycles. The van der Waals surface area contributed by atoms with Gasteiger partial charge in [-0.2, -0.15) is 8.78 Å². The van der Waals surface area contributed by atoms with Crippen LogP contribution in [0.5, 0.6) is 11.5 Å². The van der Waals surface area contributed by atoms with Gasteiger partial charge in [-0.25, -0.2) is 0 Å². The molecule has 0 aliphatic carbocycles. The molecule has 2 aliphatic heterocycles. The number of fused-ring (bicyclic) bond motifs is 1. The molecule has 154 valence electrons. The second-order valence-corrected chi connectivity index (χ2v) is 7.33. The fourth-order valence-corrected chi connectivity index (χ4v) is 3.95. The number of likely N-dealkylation sites (tertiary alicyclic amines) is 1. The third-order valence-electron chi connectivity index (χ3n) is 5.35. The molecule has 1 atom stereocenters. The number of carbonyl (C=O) groups is 1. The zero-order valence-corrected chi connectivity index (χ0v) is 16.1. The Kier molecular flexibility index (Phi) is 5.83. The summed E-state index contributed by atoms with van der Waals surface area (Å²) in [6.45, 7) is -0.680. The third kappa shape index (κ3) is 4.44. The molecule has 2 aliphatic rings. The molecule has 0 N–H and O–H groups in total. The van der Waals surface area contributed by atoms with E-state index in [2.05, 4.69) is 4.74 Å². The Morgan fingerprint density at radius 3 is 2.59 bits per heavy atom. The van der Waals surface area contributed by atoms with E-state index in [4.69, 9.17) is 4.74 Å². The van der Waals surface area contributed by atoms with Crippen LogP contribution in [-0.2, 0) is 11.3 Å². The first-order valence-electron chi connectivity index (χ1n) is 9.94. The molecule has 1 saturated heterocycles. The second kappa shape index (κ2) is 8.68. The molecule has 1 unspecified atom stereocenters. The Balaban J connectivity index is 1.58. The van der Waals surface area contributed by atoms with Crippen molar-refractivity contribution in [2.45, 2.75) is 38.5 Å². The van der Waals surface area contributed by atoms with Gasteiger partial charge in [-0.15, -0.1) is 0 Å². The smallest absolute Gasteiger partial charge is 0.387 e. The first-order chi connectivity index (χ1) is 14.1. The number of piperidine rings is 1. The third-order valence-corrected chi connectivity index (χ3v) is 5.35. The molecule has 1 amide bonds. The number of ether oxygens (including phenoxy) is 2. The average Bonchev–Trinajstić information content (AvgIpc) is 2.75. The van der Waals surface area contributed by atoms with E-state index in [1.165, 1.54) is 6.07 Å². The van der Waals surface area contributed by atoms with Gasteiger partial charge in [-0.05, 0) is 37.5 Å². The van der Waals surface area contributed by atoms with E-state index in [1.54, 1.807) is 18.2 Å². The van der Waals surface area contributed by atoms with Gasteiger partial charge in [0.05, 0.1) is 12.2 Å². The van der Waals surface area contributed by atoms with Crippen molar-refractivity contribution in [3.63, 3.8) is 0 Å². The highest BCUT2D eigenvalue weighted by Crippen LogP contribution is 2.36. The molecule has 2 heterocycles. The molecule has 1 fully saturated rings. The fourth-order valence-electron chi connectivity index (χ4n) is 3.95. The number of benzene rings is 2. The van der Waals surface area contributed by atoms with Crippen molar-refractivity contribution in [2.75, 3.05) is 24.5 Å². The minimum atomic E-state index is -2.89. The van der Waals surface area contributed by atoms with Crippen LogP contribution in [0.15, 0.2) is 48.5 Å². The predicted octanol–water partition coefficient (Wildman–Crippen LogP) is 4.07. The number of para-hydroxylation sites is 3. The van der Waals surface area contributed by atoms with Gasteiger partial charge < -0.3 is 19.3 Å². The molecular formula is C22H24F2N2O3. The molecule has 0 spiro atoms. The Morgan fingerprint density at radius 1 is 1.07 bits per heavy atom. The summed E-state index contributed by atoms with van der Waals surface area (Å²) < 4.78 is 36.3. The highest BCUT2D eigenvalue weighted by atomic mass is 19.3. The average molecular weight is 402 g/mol. The van der Waals surface area contributed by atoms with E-state index >= 15 is 0 Å². The van der Waals surface area contributed by atoms with Gasteiger partial charge in [-0.1, -0.05) is 30.3 Å². The van der Waals surface area contributed by atoms with Gasteiger partial charge in [0.15, 0.2) is 6.10 Å². The minimum absolute atomic E-state index is 0.0127. The highest BCUT2D eigenvalue weighted by Gasteiger charge is 2.34. The van der Waals surface area contributed by atoms with Crippen LogP contribution in [-0.4, -0.2) is 43.2 Å². The summed E-state index contributed by atoms with van der Waals surface area (Å²) in [5.74, 6) is 0.757. The summed E-state index contributed by atoms with van der Waals surface area (Å²) in [5, 5.41) is 0. The number of halogens is 2. The van der Waals surface area contributed by atoms with E-state index < -0.39 is 12.7 Å². The Labute approximate surface area is 168 Å². The van der Waals surface area contributed by atoms with Crippen molar-refractivity contribution >= 4 is 11.6 Å². The van der Waals surface area contributed by atoms with Crippen molar-refractivity contribution in [2.24, 2.45) is 0 Å².